The molecule has 0 fully saturated rings. The van der Waals surface area contributed by atoms with Crippen molar-refractivity contribution in [3.63, 3.8) is 0 Å². The summed E-state index contributed by atoms with van der Waals surface area (Å²) < 4.78 is 0. The number of nitrogens with zero attached hydrogens (tertiary/aromatic N) is 2. The minimum Gasteiger partial charge on any atom is -0.300 e. The average molecular weight is 271 g/mol. The van der Waals surface area contributed by atoms with Crippen molar-refractivity contribution in [3.05, 3.63) is 30.1 Å². The predicted octanol–water partition coefficient (Wildman–Crippen LogP) is 2.93. The van der Waals surface area contributed by atoms with Crippen LogP contribution in [0.1, 0.15) is 19.0 Å². The van der Waals surface area contributed by atoms with E-state index in [2.05, 4.69) is 45.9 Å². The van der Waals surface area contributed by atoms with Gasteiger partial charge in [0.15, 0.2) is 0 Å². The van der Waals surface area contributed by atoms with E-state index in [0.717, 1.165) is 30.0 Å². The molecule has 1 aromatic heterocycles. The highest BCUT2D eigenvalue weighted by Crippen LogP contribution is 2.09. The lowest BCUT2D eigenvalue weighted by molar-refractivity contribution is 0.275. The van der Waals surface area contributed by atoms with E-state index >= 15 is 0 Å². The van der Waals surface area contributed by atoms with Crippen LogP contribution < -0.4 is 0 Å². The highest BCUT2D eigenvalue weighted by Gasteiger charge is 2.08. The van der Waals surface area contributed by atoms with Gasteiger partial charge in [0.05, 0.1) is 5.69 Å². The van der Waals surface area contributed by atoms with Crippen LogP contribution in [0.4, 0.5) is 0 Å². The van der Waals surface area contributed by atoms with E-state index in [0.29, 0.717) is 0 Å². The third-order valence-corrected chi connectivity index (χ3v) is 3.44. The molecule has 0 spiro atoms. The Hall–Kier alpha value is -0.410. The third kappa shape index (κ3) is 4.76. The van der Waals surface area contributed by atoms with E-state index in [1.807, 2.05) is 18.3 Å². The highest BCUT2D eigenvalue weighted by atomic mass is 79.9. The van der Waals surface area contributed by atoms with Crippen LogP contribution in [-0.2, 0) is 6.54 Å². The molecule has 0 aliphatic carbocycles. The molecule has 1 unspecified atom stereocenters. The average Bonchev–Trinajstić information content (AvgIpc) is 2.27. The molecule has 15 heavy (non-hydrogen) atoms. The van der Waals surface area contributed by atoms with Crippen molar-refractivity contribution in [3.8, 4) is 0 Å². The van der Waals surface area contributed by atoms with Gasteiger partial charge in [-0.3, -0.25) is 4.98 Å². The van der Waals surface area contributed by atoms with Gasteiger partial charge in [0.2, 0.25) is 0 Å². The number of alkyl halides is 1. The van der Waals surface area contributed by atoms with Crippen LogP contribution >= 0.6 is 15.9 Å². The lowest BCUT2D eigenvalue weighted by Gasteiger charge is -2.21. The number of halogens is 1. The molecule has 1 heterocycles. The van der Waals surface area contributed by atoms with E-state index < -0.39 is 0 Å². The fourth-order valence-corrected chi connectivity index (χ4v) is 2.22. The predicted molar refractivity (Wildman–Crippen MR) is 68.1 cm³/mol. The fraction of sp³-hybridized carbons (Fsp3) is 0.583. The van der Waals surface area contributed by atoms with Crippen molar-refractivity contribution in [1.29, 1.82) is 0 Å². The number of pyridine rings is 1. The smallest absolute Gasteiger partial charge is 0.0543 e. The second-order valence-corrected chi connectivity index (χ2v) is 4.59. The summed E-state index contributed by atoms with van der Waals surface area (Å²) in [6.07, 6.45) is 3.07. The zero-order valence-electron chi connectivity index (χ0n) is 9.49. The Morgan fingerprint density at radius 2 is 2.27 bits per heavy atom. The molecule has 0 saturated heterocycles. The molecule has 1 rings (SSSR count). The SMILES string of the molecule is CCC(CBr)CN(C)Cc1ccccn1. The van der Waals surface area contributed by atoms with E-state index in [-0.39, 0.29) is 0 Å². The Labute approximate surface area is 101 Å². The minimum absolute atomic E-state index is 0.735. The zero-order chi connectivity index (χ0) is 11.1. The van der Waals surface area contributed by atoms with Crippen molar-refractivity contribution in [1.82, 2.24) is 9.88 Å². The summed E-state index contributed by atoms with van der Waals surface area (Å²) >= 11 is 3.55. The van der Waals surface area contributed by atoms with Gasteiger partial charge in [-0.2, -0.15) is 0 Å². The first kappa shape index (κ1) is 12.7. The molecule has 3 heteroatoms. The van der Waals surface area contributed by atoms with Crippen molar-refractivity contribution < 1.29 is 0 Å². The van der Waals surface area contributed by atoms with Crippen molar-refractivity contribution in [2.45, 2.75) is 19.9 Å². The van der Waals surface area contributed by atoms with Gasteiger partial charge >= 0.3 is 0 Å². The van der Waals surface area contributed by atoms with Crippen LogP contribution in [0.3, 0.4) is 0 Å². The molecule has 0 aliphatic rings. The van der Waals surface area contributed by atoms with Crippen LogP contribution in [0.2, 0.25) is 0 Å². The zero-order valence-corrected chi connectivity index (χ0v) is 11.1. The largest absolute Gasteiger partial charge is 0.300 e. The first-order chi connectivity index (χ1) is 7.26. The van der Waals surface area contributed by atoms with Gasteiger partial charge in [0.25, 0.3) is 0 Å². The van der Waals surface area contributed by atoms with Crippen LogP contribution in [0.15, 0.2) is 24.4 Å². The summed E-state index contributed by atoms with van der Waals surface area (Å²) in [5.74, 6) is 0.735. The van der Waals surface area contributed by atoms with Gasteiger partial charge in [-0.05, 0) is 25.1 Å². The molecule has 0 saturated carbocycles. The molecular weight excluding hydrogens is 252 g/mol. The summed E-state index contributed by atoms with van der Waals surface area (Å²) in [7, 11) is 2.15. The molecule has 0 radical (unpaired) electrons. The summed E-state index contributed by atoms with van der Waals surface area (Å²) in [4.78, 5) is 6.66. The van der Waals surface area contributed by atoms with Gasteiger partial charge < -0.3 is 4.90 Å². The second-order valence-electron chi connectivity index (χ2n) is 3.95. The molecule has 0 amide bonds. The minimum atomic E-state index is 0.735. The van der Waals surface area contributed by atoms with Crippen molar-refractivity contribution >= 4 is 15.9 Å². The molecule has 0 bridgehead atoms. The van der Waals surface area contributed by atoms with Gasteiger partial charge in [-0.15, -0.1) is 0 Å². The molecule has 0 aromatic carbocycles. The van der Waals surface area contributed by atoms with E-state index in [1.54, 1.807) is 0 Å². The Morgan fingerprint density at radius 1 is 1.47 bits per heavy atom. The molecule has 1 atom stereocenters. The topological polar surface area (TPSA) is 16.1 Å². The third-order valence-electron chi connectivity index (χ3n) is 2.52. The first-order valence-electron chi connectivity index (χ1n) is 5.40. The molecule has 0 N–H and O–H groups in total. The maximum absolute atomic E-state index is 4.32. The van der Waals surface area contributed by atoms with Gasteiger partial charge in [0.1, 0.15) is 0 Å². The molecule has 84 valence electrons. The summed E-state index contributed by atoms with van der Waals surface area (Å²) in [6, 6.07) is 6.07. The second kappa shape index (κ2) is 6.96. The van der Waals surface area contributed by atoms with Gasteiger partial charge in [-0.25, -0.2) is 0 Å². The van der Waals surface area contributed by atoms with Gasteiger partial charge in [0, 0.05) is 24.6 Å². The lowest BCUT2D eigenvalue weighted by atomic mass is 10.1. The van der Waals surface area contributed by atoms with Crippen molar-refractivity contribution in [2.24, 2.45) is 5.92 Å². The number of aromatic nitrogens is 1. The number of rotatable bonds is 6. The Morgan fingerprint density at radius 3 is 2.80 bits per heavy atom. The lowest BCUT2D eigenvalue weighted by Crippen LogP contribution is -2.26. The standard InChI is InChI=1S/C12H19BrN2/c1-3-11(8-13)9-15(2)10-12-6-4-5-7-14-12/h4-7,11H,3,8-10H2,1-2H3. The van der Waals surface area contributed by atoms with Crippen LogP contribution in [0.25, 0.3) is 0 Å². The van der Waals surface area contributed by atoms with E-state index in [9.17, 15) is 0 Å². The van der Waals surface area contributed by atoms with E-state index in [1.165, 1.54) is 6.42 Å². The highest BCUT2D eigenvalue weighted by molar-refractivity contribution is 9.09. The first-order valence-corrected chi connectivity index (χ1v) is 6.52. The molecule has 0 aliphatic heterocycles. The quantitative estimate of drug-likeness (QED) is 0.739. The van der Waals surface area contributed by atoms with E-state index in [4.69, 9.17) is 0 Å². The maximum Gasteiger partial charge on any atom is 0.0543 e. The van der Waals surface area contributed by atoms with Crippen molar-refractivity contribution in [2.75, 3.05) is 18.9 Å². The molecule has 1 aromatic rings. The Balaban J connectivity index is 2.39. The van der Waals surface area contributed by atoms with Crippen LogP contribution in [-0.4, -0.2) is 28.8 Å². The maximum atomic E-state index is 4.32. The molecular formula is C12H19BrN2. The molecule has 2 nitrogen and oxygen atoms in total. The van der Waals surface area contributed by atoms with Crippen LogP contribution in [0, 0.1) is 5.92 Å². The Kier molecular flexibility index (Phi) is 5.88. The monoisotopic (exact) mass is 270 g/mol. The normalized spacial score (nSPS) is 13.1. The Bertz CT molecular complexity index is 260. The summed E-state index contributed by atoms with van der Waals surface area (Å²) in [6.45, 7) is 4.29. The van der Waals surface area contributed by atoms with Crippen LogP contribution in [0.5, 0.6) is 0 Å². The fourth-order valence-electron chi connectivity index (χ4n) is 1.56. The van der Waals surface area contributed by atoms with Gasteiger partial charge in [-0.1, -0.05) is 35.3 Å². The number of hydrogen-bond acceptors (Lipinski definition) is 2. The summed E-state index contributed by atoms with van der Waals surface area (Å²) in [5.41, 5.74) is 1.14. The number of hydrogen-bond donors (Lipinski definition) is 0. The summed E-state index contributed by atoms with van der Waals surface area (Å²) in [5, 5.41) is 1.08.